The number of rotatable bonds is 5. The van der Waals surface area contributed by atoms with E-state index in [4.69, 9.17) is 0 Å². The van der Waals surface area contributed by atoms with Gasteiger partial charge in [-0.15, -0.1) is 0 Å². The molecule has 0 unspecified atom stereocenters. The zero-order valence-electron chi connectivity index (χ0n) is 9.21. The molecule has 0 spiro atoms. The van der Waals surface area contributed by atoms with Crippen LogP contribution in [0.3, 0.4) is 0 Å². The van der Waals surface area contributed by atoms with E-state index in [1.54, 1.807) is 18.3 Å². The van der Waals surface area contributed by atoms with Gasteiger partial charge < -0.3 is 10.3 Å². The van der Waals surface area contributed by atoms with Gasteiger partial charge in [0.2, 0.25) is 0 Å². The van der Waals surface area contributed by atoms with Gasteiger partial charge in [-0.3, -0.25) is 0 Å². The van der Waals surface area contributed by atoms with E-state index in [1.165, 1.54) is 6.07 Å². The Morgan fingerprint density at radius 2 is 2.29 bits per heavy atom. The smallest absolute Gasteiger partial charge is 0.137 e. The van der Waals surface area contributed by atoms with E-state index in [0.717, 1.165) is 30.9 Å². The molecule has 2 N–H and O–H groups in total. The molecule has 0 atom stereocenters. The third kappa shape index (κ3) is 3.64. The SMILES string of the molecule is Fc1ccc(CNCCc2ncc[nH]2)cc1Br. The third-order valence-corrected chi connectivity index (χ3v) is 3.01. The highest BCUT2D eigenvalue weighted by atomic mass is 79.9. The van der Waals surface area contributed by atoms with Gasteiger partial charge in [-0.1, -0.05) is 6.07 Å². The topological polar surface area (TPSA) is 40.7 Å². The number of benzene rings is 1. The molecule has 17 heavy (non-hydrogen) atoms. The number of aromatic nitrogens is 2. The molecule has 0 saturated heterocycles. The van der Waals surface area contributed by atoms with E-state index in [-0.39, 0.29) is 5.82 Å². The maximum absolute atomic E-state index is 13.0. The van der Waals surface area contributed by atoms with E-state index in [9.17, 15) is 4.39 Å². The Morgan fingerprint density at radius 1 is 1.41 bits per heavy atom. The van der Waals surface area contributed by atoms with Gasteiger partial charge >= 0.3 is 0 Å². The van der Waals surface area contributed by atoms with E-state index >= 15 is 0 Å². The predicted octanol–water partition coefficient (Wildman–Crippen LogP) is 2.64. The van der Waals surface area contributed by atoms with Crippen molar-refractivity contribution in [3.05, 3.63) is 52.3 Å². The molecular formula is C12H13BrFN3. The van der Waals surface area contributed by atoms with Gasteiger partial charge in [-0.05, 0) is 33.6 Å². The molecule has 0 aliphatic heterocycles. The Balaban J connectivity index is 1.76. The van der Waals surface area contributed by atoms with Crippen LogP contribution in [0.5, 0.6) is 0 Å². The first-order valence-corrected chi connectivity index (χ1v) is 6.18. The summed E-state index contributed by atoms with van der Waals surface area (Å²) < 4.78 is 13.5. The summed E-state index contributed by atoms with van der Waals surface area (Å²) >= 11 is 3.17. The molecule has 90 valence electrons. The lowest BCUT2D eigenvalue weighted by atomic mass is 10.2. The molecule has 5 heteroatoms. The Bertz CT molecular complexity index is 471. The fraction of sp³-hybridized carbons (Fsp3) is 0.250. The summed E-state index contributed by atoms with van der Waals surface area (Å²) in [5.74, 6) is 0.738. The summed E-state index contributed by atoms with van der Waals surface area (Å²) in [6.45, 7) is 1.56. The predicted molar refractivity (Wildman–Crippen MR) is 68.1 cm³/mol. The standard InChI is InChI=1S/C12H13BrFN3/c13-10-7-9(1-2-11(10)14)8-15-4-3-12-16-5-6-17-12/h1-2,5-7,15H,3-4,8H2,(H,16,17). The number of nitrogens with one attached hydrogen (secondary N) is 2. The van der Waals surface area contributed by atoms with Crippen molar-refractivity contribution in [2.24, 2.45) is 0 Å². The highest BCUT2D eigenvalue weighted by molar-refractivity contribution is 9.10. The second-order valence-corrected chi connectivity index (χ2v) is 4.57. The van der Waals surface area contributed by atoms with Crippen LogP contribution in [0.25, 0.3) is 0 Å². The summed E-state index contributed by atoms with van der Waals surface area (Å²) in [6.07, 6.45) is 4.41. The summed E-state index contributed by atoms with van der Waals surface area (Å²) in [7, 11) is 0. The first-order valence-electron chi connectivity index (χ1n) is 5.38. The molecule has 2 rings (SSSR count). The molecule has 3 nitrogen and oxygen atoms in total. The average Bonchev–Trinajstić information content (AvgIpc) is 2.82. The van der Waals surface area contributed by atoms with Crippen molar-refractivity contribution in [1.82, 2.24) is 15.3 Å². The van der Waals surface area contributed by atoms with Crippen LogP contribution in [0.1, 0.15) is 11.4 Å². The van der Waals surface area contributed by atoms with Gasteiger partial charge in [-0.2, -0.15) is 0 Å². The van der Waals surface area contributed by atoms with Crippen molar-refractivity contribution in [3.63, 3.8) is 0 Å². The number of aromatic amines is 1. The fourth-order valence-electron chi connectivity index (χ4n) is 1.52. The van der Waals surface area contributed by atoms with Crippen molar-refractivity contribution in [2.75, 3.05) is 6.54 Å². The second-order valence-electron chi connectivity index (χ2n) is 3.71. The lowest BCUT2D eigenvalue weighted by Gasteiger charge is -2.04. The van der Waals surface area contributed by atoms with Crippen LogP contribution in [0.15, 0.2) is 35.1 Å². The average molecular weight is 298 g/mol. The van der Waals surface area contributed by atoms with Crippen LogP contribution in [0.4, 0.5) is 4.39 Å². The lowest BCUT2D eigenvalue weighted by molar-refractivity contribution is 0.617. The molecule has 0 fully saturated rings. The van der Waals surface area contributed by atoms with Crippen molar-refractivity contribution >= 4 is 15.9 Å². The summed E-state index contributed by atoms with van der Waals surface area (Å²) in [4.78, 5) is 7.18. The van der Waals surface area contributed by atoms with Crippen LogP contribution in [-0.2, 0) is 13.0 Å². The first-order chi connectivity index (χ1) is 8.25. The molecule has 0 radical (unpaired) electrons. The zero-order valence-corrected chi connectivity index (χ0v) is 10.8. The molecule has 1 aromatic heterocycles. The van der Waals surface area contributed by atoms with Gasteiger partial charge in [0.25, 0.3) is 0 Å². The monoisotopic (exact) mass is 297 g/mol. The summed E-state index contributed by atoms with van der Waals surface area (Å²) in [5.41, 5.74) is 1.05. The number of hydrogen-bond donors (Lipinski definition) is 2. The van der Waals surface area contributed by atoms with Crippen LogP contribution in [0, 0.1) is 5.82 Å². The first kappa shape index (κ1) is 12.3. The van der Waals surface area contributed by atoms with E-state index in [2.05, 4.69) is 31.2 Å². The molecule has 1 heterocycles. The molecule has 0 bridgehead atoms. The minimum atomic E-state index is -0.232. The Labute approximate surface area is 108 Å². The number of imidazole rings is 1. The van der Waals surface area contributed by atoms with Crippen molar-refractivity contribution in [2.45, 2.75) is 13.0 Å². The molecule has 0 saturated carbocycles. The maximum atomic E-state index is 13.0. The maximum Gasteiger partial charge on any atom is 0.137 e. The van der Waals surface area contributed by atoms with Crippen molar-refractivity contribution < 1.29 is 4.39 Å². The van der Waals surface area contributed by atoms with Crippen molar-refractivity contribution in [3.8, 4) is 0 Å². The molecular weight excluding hydrogens is 285 g/mol. The number of H-pyrrole nitrogens is 1. The second kappa shape index (κ2) is 5.93. The highest BCUT2D eigenvalue weighted by Crippen LogP contribution is 2.16. The normalized spacial score (nSPS) is 10.7. The number of nitrogens with zero attached hydrogens (tertiary/aromatic N) is 1. The van der Waals surface area contributed by atoms with E-state index in [1.807, 2.05) is 6.20 Å². The minimum Gasteiger partial charge on any atom is -0.349 e. The third-order valence-electron chi connectivity index (χ3n) is 2.41. The van der Waals surface area contributed by atoms with Crippen molar-refractivity contribution in [1.29, 1.82) is 0 Å². The van der Waals surface area contributed by atoms with Gasteiger partial charge in [-0.25, -0.2) is 9.37 Å². The lowest BCUT2D eigenvalue weighted by Crippen LogP contribution is -2.17. The Kier molecular flexibility index (Phi) is 4.28. The van der Waals surface area contributed by atoms with Gasteiger partial charge in [0.15, 0.2) is 0 Å². The Hall–Kier alpha value is -1.20. The molecule has 2 aromatic rings. The van der Waals surface area contributed by atoms with Crippen LogP contribution in [-0.4, -0.2) is 16.5 Å². The number of hydrogen-bond acceptors (Lipinski definition) is 2. The molecule has 0 amide bonds. The van der Waals surface area contributed by atoms with Crippen LogP contribution >= 0.6 is 15.9 Å². The molecule has 0 aliphatic rings. The van der Waals surface area contributed by atoms with E-state index in [0.29, 0.717) is 4.47 Å². The van der Waals surface area contributed by atoms with Crippen LogP contribution < -0.4 is 5.32 Å². The fourth-order valence-corrected chi connectivity index (χ4v) is 1.95. The summed E-state index contributed by atoms with van der Waals surface area (Å²) in [5, 5.41) is 3.28. The highest BCUT2D eigenvalue weighted by Gasteiger charge is 2.00. The van der Waals surface area contributed by atoms with Gasteiger partial charge in [0.05, 0.1) is 4.47 Å². The van der Waals surface area contributed by atoms with Gasteiger partial charge in [0.1, 0.15) is 11.6 Å². The van der Waals surface area contributed by atoms with Gasteiger partial charge in [0, 0.05) is 31.9 Å². The largest absolute Gasteiger partial charge is 0.349 e. The van der Waals surface area contributed by atoms with Crippen LogP contribution in [0.2, 0.25) is 0 Å². The minimum absolute atomic E-state index is 0.232. The zero-order chi connectivity index (χ0) is 12.1. The quantitative estimate of drug-likeness (QED) is 0.833. The summed E-state index contributed by atoms with van der Waals surface area (Å²) in [6, 6.07) is 5.03. The Morgan fingerprint density at radius 3 is 3.00 bits per heavy atom. The number of halogens is 2. The molecule has 0 aliphatic carbocycles. The van der Waals surface area contributed by atoms with E-state index < -0.39 is 0 Å². The molecule has 1 aromatic carbocycles.